The Balaban J connectivity index is 2.34. The van der Waals surface area contributed by atoms with E-state index in [-0.39, 0.29) is 6.04 Å². The van der Waals surface area contributed by atoms with Gasteiger partial charge in [-0.05, 0) is 57.2 Å². The highest BCUT2D eigenvalue weighted by Crippen LogP contribution is 2.30. The summed E-state index contributed by atoms with van der Waals surface area (Å²) in [5, 5.41) is 5.69. The molecule has 4 heteroatoms. The van der Waals surface area contributed by atoms with Gasteiger partial charge in [0, 0.05) is 0 Å². The number of benzene rings is 1. The fraction of sp³-hybridized carbons (Fsp3) is 0.286. The fourth-order valence-electron chi connectivity index (χ4n) is 1.93. The number of nitrogens with one attached hydrogen (secondary N) is 1. The molecule has 0 saturated heterocycles. The molecule has 2 nitrogen and oxygen atoms in total. The molecule has 1 aromatic heterocycles. The van der Waals surface area contributed by atoms with Crippen molar-refractivity contribution >= 4 is 27.3 Å². The Bertz CT molecular complexity index is 512. The summed E-state index contributed by atoms with van der Waals surface area (Å²) in [6, 6.07) is 10.6. The minimum Gasteiger partial charge on any atom is -0.497 e. The number of thiophene rings is 1. The molecular weight excluding hydrogens is 310 g/mol. The predicted octanol–water partition coefficient (Wildman–Crippen LogP) is 4.22. The van der Waals surface area contributed by atoms with Crippen molar-refractivity contribution in [2.45, 2.75) is 13.0 Å². The average molecular weight is 326 g/mol. The lowest BCUT2D eigenvalue weighted by Crippen LogP contribution is -2.21. The zero-order valence-corrected chi connectivity index (χ0v) is 12.8. The molecule has 0 amide bonds. The van der Waals surface area contributed by atoms with Crippen molar-refractivity contribution in [2.75, 3.05) is 13.7 Å². The molecular formula is C14H16BrNOS. The van der Waals surface area contributed by atoms with Gasteiger partial charge in [-0.1, -0.05) is 19.1 Å². The lowest BCUT2D eigenvalue weighted by Gasteiger charge is -2.18. The van der Waals surface area contributed by atoms with E-state index in [2.05, 4.69) is 51.7 Å². The molecule has 1 heterocycles. The van der Waals surface area contributed by atoms with Gasteiger partial charge in [-0.25, -0.2) is 0 Å². The van der Waals surface area contributed by atoms with E-state index in [1.165, 1.54) is 11.1 Å². The van der Waals surface area contributed by atoms with Gasteiger partial charge in [0.25, 0.3) is 0 Å². The van der Waals surface area contributed by atoms with E-state index in [0.717, 1.165) is 16.1 Å². The van der Waals surface area contributed by atoms with Gasteiger partial charge < -0.3 is 10.1 Å². The smallest absolute Gasteiger partial charge is 0.119 e. The maximum atomic E-state index is 5.29. The summed E-state index contributed by atoms with van der Waals surface area (Å²) in [4.78, 5) is 0. The van der Waals surface area contributed by atoms with Crippen LogP contribution in [0.2, 0.25) is 0 Å². The van der Waals surface area contributed by atoms with Gasteiger partial charge in [0.05, 0.1) is 16.9 Å². The Morgan fingerprint density at radius 3 is 2.78 bits per heavy atom. The molecule has 0 spiro atoms. The third-order valence-corrected chi connectivity index (χ3v) is 4.28. The van der Waals surface area contributed by atoms with Crippen LogP contribution in [0.5, 0.6) is 5.75 Å². The highest BCUT2D eigenvalue weighted by molar-refractivity contribution is 9.11. The summed E-state index contributed by atoms with van der Waals surface area (Å²) < 4.78 is 6.45. The predicted molar refractivity (Wildman–Crippen MR) is 80.5 cm³/mol. The molecule has 0 bridgehead atoms. The van der Waals surface area contributed by atoms with Gasteiger partial charge in [-0.2, -0.15) is 0 Å². The Morgan fingerprint density at radius 1 is 1.33 bits per heavy atom. The second kappa shape index (κ2) is 6.36. The molecule has 0 radical (unpaired) electrons. The third-order valence-electron chi connectivity index (χ3n) is 2.76. The van der Waals surface area contributed by atoms with E-state index < -0.39 is 0 Å². The third kappa shape index (κ3) is 3.13. The molecule has 0 saturated carbocycles. The average Bonchev–Trinajstić information content (AvgIpc) is 2.82. The summed E-state index contributed by atoms with van der Waals surface area (Å²) in [7, 11) is 1.70. The van der Waals surface area contributed by atoms with Crippen molar-refractivity contribution in [1.29, 1.82) is 0 Å². The van der Waals surface area contributed by atoms with Crippen LogP contribution in [0.3, 0.4) is 0 Å². The van der Waals surface area contributed by atoms with E-state index in [0.29, 0.717) is 0 Å². The minimum absolute atomic E-state index is 0.215. The summed E-state index contributed by atoms with van der Waals surface area (Å²) in [6.45, 7) is 3.05. The minimum atomic E-state index is 0.215. The van der Waals surface area contributed by atoms with Crippen LogP contribution in [-0.4, -0.2) is 13.7 Å². The molecule has 0 aliphatic heterocycles. The molecule has 0 aliphatic rings. The molecule has 1 N–H and O–H groups in total. The molecule has 18 heavy (non-hydrogen) atoms. The maximum Gasteiger partial charge on any atom is 0.119 e. The molecule has 1 atom stereocenters. The standard InChI is InChI=1S/C14H16BrNOS/c1-3-16-14(11-8-13(15)18-9-11)10-5-4-6-12(7-10)17-2/h4-9,14,16H,3H2,1-2H3. The molecule has 0 aliphatic carbocycles. The van der Waals surface area contributed by atoms with Crippen LogP contribution >= 0.6 is 27.3 Å². The van der Waals surface area contributed by atoms with Crippen LogP contribution < -0.4 is 10.1 Å². The van der Waals surface area contributed by atoms with E-state index in [1.807, 2.05) is 12.1 Å². The molecule has 2 rings (SSSR count). The first-order valence-corrected chi connectivity index (χ1v) is 7.53. The molecule has 2 aromatic rings. The van der Waals surface area contributed by atoms with Gasteiger partial charge in [0.1, 0.15) is 5.75 Å². The molecule has 96 valence electrons. The normalized spacial score (nSPS) is 12.4. The number of halogens is 1. The van der Waals surface area contributed by atoms with E-state index in [1.54, 1.807) is 18.4 Å². The highest BCUT2D eigenvalue weighted by atomic mass is 79.9. The number of hydrogen-bond acceptors (Lipinski definition) is 3. The monoisotopic (exact) mass is 325 g/mol. The van der Waals surface area contributed by atoms with Crippen LogP contribution in [0, 0.1) is 0 Å². The van der Waals surface area contributed by atoms with E-state index in [9.17, 15) is 0 Å². The number of ether oxygens (including phenoxy) is 1. The number of methoxy groups -OCH3 is 1. The second-order valence-electron chi connectivity index (χ2n) is 3.95. The van der Waals surface area contributed by atoms with Crippen molar-refractivity contribution in [3.63, 3.8) is 0 Å². The number of rotatable bonds is 5. The SMILES string of the molecule is CCNC(c1cccc(OC)c1)c1csc(Br)c1. The first-order chi connectivity index (χ1) is 8.74. The quantitative estimate of drug-likeness (QED) is 0.888. The van der Waals surface area contributed by atoms with Gasteiger partial charge >= 0.3 is 0 Å². The van der Waals surface area contributed by atoms with Crippen LogP contribution in [-0.2, 0) is 0 Å². The van der Waals surface area contributed by atoms with E-state index >= 15 is 0 Å². The Morgan fingerprint density at radius 2 is 2.17 bits per heavy atom. The Hall–Kier alpha value is -0.840. The summed E-state index contributed by atoms with van der Waals surface area (Å²) >= 11 is 5.23. The zero-order chi connectivity index (χ0) is 13.0. The molecule has 1 unspecified atom stereocenters. The van der Waals surface area contributed by atoms with Crippen LogP contribution in [0.4, 0.5) is 0 Å². The zero-order valence-electron chi connectivity index (χ0n) is 10.4. The maximum absolute atomic E-state index is 5.29. The Labute approximate surface area is 120 Å². The highest BCUT2D eigenvalue weighted by Gasteiger charge is 2.14. The van der Waals surface area contributed by atoms with Crippen molar-refractivity contribution in [1.82, 2.24) is 5.32 Å². The van der Waals surface area contributed by atoms with Crippen molar-refractivity contribution in [2.24, 2.45) is 0 Å². The fourth-order valence-corrected chi connectivity index (χ4v) is 3.13. The lowest BCUT2D eigenvalue weighted by atomic mass is 10.0. The summed E-state index contributed by atoms with van der Waals surface area (Å²) in [5.74, 6) is 0.893. The topological polar surface area (TPSA) is 21.3 Å². The Kier molecular flexibility index (Phi) is 4.80. The van der Waals surface area contributed by atoms with Gasteiger partial charge in [-0.15, -0.1) is 11.3 Å². The first-order valence-electron chi connectivity index (χ1n) is 5.86. The summed E-state index contributed by atoms with van der Waals surface area (Å²) in [5.41, 5.74) is 2.50. The molecule has 0 fully saturated rings. The number of hydrogen-bond donors (Lipinski definition) is 1. The van der Waals surface area contributed by atoms with Crippen LogP contribution in [0.25, 0.3) is 0 Å². The van der Waals surface area contributed by atoms with Crippen LogP contribution in [0.15, 0.2) is 39.5 Å². The van der Waals surface area contributed by atoms with E-state index in [4.69, 9.17) is 4.74 Å². The van der Waals surface area contributed by atoms with Crippen LogP contribution in [0.1, 0.15) is 24.1 Å². The van der Waals surface area contributed by atoms with Crippen molar-refractivity contribution in [3.8, 4) is 5.75 Å². The lowest BCUT2D eigenvalue weighted by molar-refractivity contribution is 0.413. The van der Waals surface area contributed by atoms with Crippen molar-refractivity contribution < 1.29 is 4.74 Å². The van der Waals surface area contributed by atoms with Gasteiger partial charge in [0.2, 0.25) is 0 Å². The largest absolute Gasteiger partial charge is 0.497 e. The molecule has 1 aromatic carbocycles. The second-order valence-corrected chi connectivity index (χ2v) is 6.24. The van der Waals surface area contributed by atoms with Gasteiger partial charge in [0.15, 0.2) is 0 Å². The van der Waals surface area contributed by atoms with Crippen molar-refractivity contribution in [3.05, 3.63) is 50.6 Å². The van der Waals surface area contributed by atoms with Gasteiger partial charge in [-0.3, -0.25) is 0 Å². The summed E-state index contributed by atoms with van der Waals surface area (Å²) in [6.07, 6.45) is 0. The first kappa shape index (κ1) is 13.6.